The van der Waals surface area contributed by atoms with E-state index in [9.17, 15) is 20.1 Å². The lowest BCUT2D eigenvalue weighted by molar-refractivity contribution is -0.300. The van der Waals surface area contributed by atoms with Crippen LogP contribution in [-0.4, -0.2) is 65.2 Å². The summed E-state index contributed by atoms with van der Waals surface area (Å²) in [6.07, 6.45) is 10.5. The Balaban J connectivity index is 2.01. The number of aliphatic hydroxyl groups is 3. The summed E-state index contributed by atoms with van der Waals surface area (Å²) in [5, 5.41) is 29.8. The minimum Gasteiger partial charge on any atom is -0.463 e. The van der Waals surface area contributed by atoms with Crippen molar-refractivity contribution in [1.82, 2.24) is 0 Å². The molecule has 0 aliphatic carbocycles. The SMILES string of the molecule is CCCCCCCCCCCCCCCC(=O)OC[C@H]1O[C@H](OCC)[C@H](O)[C@@H](O)[C@@H]1O. The monoisotopic (exact) mass is 446 g/mol. The minimum atomic E-state index is -1.41. The first-order chi connectivity index (χ1) is 15.0. The summed E-state index contributed by atoms with van der Waals surface area (Å²) in [7, 11) is 0. The van der Waals surface area contributed by atoms with Gasteiger partial charge in [0.15, 0.2) is 6.29 Å². The van der Waals surface area contributed by atoms with Gasteiger partial charge in [0.2, 0.25) is 0 Å². The minimum absolute atomic E-state index is 0.175. The maximum Gasteiger partial charge on any atom is 0.305 e. The number of carbonyl (C=O) groups is 1. The molecule has 0 aromatic carbocycles. The molecule has 1 aliphatic rings. The van der Waals surface area contributed by atoms with Crippen molar-refractivity contribution in [3.63, 3.8) is 0 Å². The summed E-state index contributed by atoms with van der Waals surface area (Å²) in [5.74, 6) is -0.340. The number of esters is 1. The molecule has 0 bridgehead atoms. The standard InChI is InChI=1S/C24H46O7/c1-3-5-6-7-8-9-10-11-12-13-14-15-16-17-20(25)30-18-19-21(26)22(27)23(28)24(31-19)29-4-2/h19,21-24,26-28H,3-18H2,1-2H3/t19-,21-,22+,23-,24+/m1/s1. The zero-order chi connectivity index (χ0) is 22.9. The molecule has 184 valence electrons. The van der Waals surface area contributed by atoms with Crippen molar-refractivity contribution in [3.05, 3.63) is 0 Å². The molecule has 5 atom stereocenters. The van der Waals surface area contributed by atoms with E-state index < -0.39 is 30.7 Å². The van der Waals surface area contributed by atoms with Crippen LogP contribution in [0.1, 0.15) is 104 Å². The average molecular weight is 447 g/mol. The lowest BCUT2D eigenvalue weighted by atomic mass is 9.99. The molecule has 0 radical (unpaired) electrons. The fourth-order valence-electron chi connectivity index (χ4n) is 3.89. The van der Waals surface area contributed by atoms with Crippen LogP contribution in [0.2, 0.25) is 0 Å². The maximum atomic E-state index is 11.9. The number of unbranched alkanes of at least 4 members (excludes halogenated alkanes) is 12. The first-order valence-corrected chi connectivity index (χ1v) is 12.5. The van der Waals surface area contributed by atoms with E-state index in [1.54, 1.807) is 6.92 Å². The van der Waals surface area contributed by atoms with Gasteiger partial charge in [0, 0.05) is 13.0 Å². The fourth-order valence-corrected chi connectivity index (χ4v) is 3.89. The Morgan fingerprint density at radius 3 is 1.77 bits per heavy atom. The van der Waals surface area contributed by atoms with Gasteiger partial charge in [0.25, 0.3) is 0 Å². The summed E-state index contributed by atoms with van der Waals surface area (Å²) in [4.78, 5) is 11.9. The second-order valence-electron chi connectivity index (χ2n) is 8.65. The van der Waals surface area contributed by atoms with E-state index in [4.69, 9.17) is 14.2 Å². The maximum absolute atomic E-state index is 11.9. The summed E-state index contributed by atoms with van der Waals surface area (Å²) < 4.78 is 15.9. The number of hydrogen-bond donors (Lipinski definition) is 3. The van der Waals surface area contributed by atoms with E-state index in [0.717, 1.165) is 19.3 Å². The third kappa shape index (κ3) is 12.2. The van der Waals surface area contributed by atoms with Crippen LogP contribution in [0, 0.1) is 0 Å². The summed E-state index contributed by atoms with van der Waals surface area (Å²) in [5.41, 5.74) is 0. The quantitative estimate of drug-likeness (QED) is 0.217. The van der Waals surface area contributed by atoms with Gasteiger partial charge in [0.05, 0.1) is 0 Å². The van der Waals surface area contributed by atoms with Crippen molar-refractivity contribution >= 4 is 5.97 Å². The Hall–Kier alpha value is -0.730. The highest BCUT2D eigenvalue weighted by Crippen LogP contribution is 2.22. The van der Waals surface area contributed by atoms with Gasteiger partial charge in [-0.05, 0) is 13.3 Å². The summed E-state index contributed by atoms with van der Waals surface area (Å²) in [6.45, 7) is 4.09. The smallest absolute Gasteiger partial charge is 0.305 e. The Kier molecular flexibility index (Phi) is 16.2. The third-order valence-corrected chi connectivity index (χ3v) is 5.89. The van der Waals surface area contributed by atoms with E-state index in [-0.39, 0.29) is 19.2 Å². The van der Waals surface area contributed by atoms with Crippen molar-refractivity contribution < 1.29 is 34.3 Å². The molecule has 0 spiro atoms. The second kappa shape index (κ2) is 17.8. The van der Waals surface area contributed by atoms with Crippen molar-refractivity contribution in [2.45, 2.75) is 134 Å². The van der Waals surface area contributed by atoms with Gasteiger partial charge in [-0.3, -0.25) is 4.79 Å². The van der Waals surface area contributed by atoms with Crippen LogP contribution in [0.15, 0.2) is 0 Å². The highest BCUT2D eigenvalue weighted by atomic mass is 16.7. The fraction of sp³-hybridized carbons (Fsp3) is 0.958. The molecule has 0 unspecified atom stereocenters. The first kappa shape index (κ1) is 28.3. The largest absolute Gasteiger partial charge is 0.463 e. The number of ether oxygens (including phenoxy) is 3. The number of carbonyl (C=O) groups excluding carboxylic acids is 1. The molecule has 1 rings (SSSR count). The topological polar surface area (TPSA) is 105 Å². The van der Waals surface area contributed by atoms with Crippen molar-refractivity contribution in [3.8, 4) is 0 Å². The Labute approximate surface area is 188 Å². The van der Waals surface area contributed by atoms with Crippen LogP contribution < -0.4 is 0 Å². The second-order valence-corrected chi connectivity index (χ2v) is 8.65. The number of rotatable bonds is 18. The van der Waals surface area contributed by atoms with Gasteiger partial charge >= 0.3 is 5.97 Å². The molecule has 1 fully saturated rings. The van der Waals surface area contributed by atoms with Gasteiger partial charge in [0.1, 0.15) is 31.0 Å². The summed E-state index contributed by atoms with van der Waals surface area (Å²) in [6, 6.07) is 0. The van der Waals surface area contributed by atoms with Crippen LogP contribution in [0.4, 0.5) is 0 Å². The van der Waals surface area contributed by atoms with Gasteiger partial charge in [-0.2, -0.15) is 0 Å². The molecule has 1 saturated heterocycles. The molecule has 7 nitrogen and oxygen atoms in total. The van der Waals surface area contributed by atoms with Crippen molar-refractivity contribution in [2.75, 3.05) is 13.2 Å². The Morgan fingerprint density at radius 1 is 0.742 bits per heavy atom. The zero-order valence-electron chi connectivity index (χ0n) is 19.7. The summed E-state index contributed by atoms with van der Waals surface area (Å²) >= 11 is 0. The normalized spacial score (nSPS) is 26.2. The molecule has 1 heterocycles. The van der Waals surface area contributed by atoms with Gasteiger partial charge < -0.3 is 29.5 Å². The molecule has 3 N–H and O–H groups in total. The Bertz CT molecular complexity index is 446. The highest BCUT2D eigenvalue weighted by molar-refractivity contribution is 5.69. The third-order valence-electron chi connectivity index (χ3n) is 5.89. The van der Waals surface area contributed by atoms with E-state index in [0.29, 0.717) is 6.42 Å². The van der Waals surface area contributed by atoms with E-state index in [1.165, 1.54) is 64.2 Å². The molecule has 31 heavy (non-hydrogen) atoms. The molecule has 0 aromatic rings. The van der Waals surface area contributed by atoms with E-state index in [1.807, 2.05) is 0 Å². The van der Waals surface area contributed by atoms with Crippen LogP contribution in [0.5, 0.6) is 0 Å². The van der Waals surface area contributed by atoms with Gasteiger partial charge in [-0.1, -0.05) is 84.0 Å². The molecule has 0 amide bonds. The highest BCUT2D eigenvalue weighted by Gasteiger charge is 2.44. The molecule has 1 aliphatic heterocycles. The predicted octanol–water partition coefficient (Wildman–Crippen LogP) is 3.86. The molecule has 7 heteroatoms. The van der Waals surface area contributed by atoms with Crippen LogP contribution in [-0.2, 0) is 19.0 Å². The average Bonchev–Trinajstić information content (AvgIpc) is 2.76. The molecule has 0 aromatic heterocycles. The van der Waals surface area contributed by atoms with Crippen LogP contribution >= 0.6 is 0 Å². The lowest BCUT2D eigenvalue weighted by Gasteiger charge is -2.39. The van der Waals surface area contributed by atoms with Gasteiger partial charge in [-0.15, -0.1) is 0 Å². The van der Waals surface area contributed by atoms with Gasteiger partial charge in [-0.25, -0.2) is 0 Å². The molecular weight excluding hydrogens is 400 g/mol. The van der Waals surface area contributed by atoms with Crippen LogP contribution in [0.3, 0.4) is 0 Å². The van der Waals surface area contributed by atoms with Crippen molar-refractivity contribution in [1.29, 1.82) is 0 Å². The zero-order valence-corrected chi connectivity index (χ0v) is 19.7. The molecule has 0 saturated carbocycles. The van der Waals surface area contributed by atoms with E-state index in [2.05, 4.69) is 6.92 Å². The number of hydrogen-bond acceptors (Lipinski definition) is 7. The number of aliphatic hydroxyl groups excluding tert-OH is 3. The Morgan fingerprint density at radius 2 is 1.26 bits per heavy atom. The predicted molar refractivity (Wildman–Crippen MR) is 120 cm³/mol. The lowest BCUT2D eigenvalue weighted by Crippen LogP contribution is -2.59. The van der Waals surface area contributed by atoms with E-state index >= 15 is 0 Å². The molecular formula is C24H46O7. The first-order valence-electron chi connectivity index (χ1n) is 12.5. The van der Waals surface area contributed by atoms with Crippen molar-refractivity contribution in [2.24, 2.45) is 0 Å². The van der Waals surface area contributed by atoms with Crippen LogP contribution in [0.25, 0.3) is 0 Å².